The third kappa shape index (κ3) is 6.94. The first kappa shape index (κ1) is 24.5. The van der Waals surface area contributed by atoms with E-state index in [0.717, 1.165) is 51.4 Å². The first-order valence-electron chi connectivity index (χ1n) is 12.9. The van der Waals surface area contributed by atoms with Crippen molar-refractivity contribution in [2.75, 3.05) is 6.61 Å². The molecule has 2 unspecified atom stereocenters. The van der Waals surface area contributed by atoms with E-state index in [4.69, 9.17) is 5.11 Å². The Hall–Kier alpha value is -2.11. The molecule has 2 heteroatoms. The van der Waals surface area contributed by atoms with Gasteiger partial charge in [-0.15, -0.1) is 0 Å². The highest BCUT2D eigenvalue weighted by molar-refractivity contribution is 5.64. The predicted octanol–water partition coefficient (Wildman–Crippen LogP) is 8.20. The van der Waals surface area contributed by atoms with E-state index in [-0.39, 0.29) is 5.41 Å². The highest BCUT2D eigenvalue weighted by atomic mass is 16.2. The number of nitriles is 1. The van der Waals surface area contributed by atoms with Gasteiger partial charge in [-0.2, -0.15) is 5.26 Å². The Labute approximate surface area is 195 Å². The van der Waals surface area contributed by atoms with Gasteiger partial charge in [0.2, 0.25) is 0 Å². The van der Waals surface area contributed by atoms with Crippen LogP contribution < -0.4 is 0 Å². The van der Waals surface area contributed by atoms with E-state index in [1.807, 2.05) is 0 Å². The molecule has 2 nitrogen and oxygen atoms in total. The molecule has 0 amide bonds. The highest BCUT2D eigenvalue weighted by Gasteiger charge is 2.36. The van der Waals surface area contributed by atoms with E-state index in [1.165, 1.54) is 54.4 Å². The Balaban J connectivity index is 1.56. The second kappa shape index (κ2) is 12.8. The van der Waals surface area contributed by atoms with Crippen LogP contribution in [0.5, 0.6) is 0 Å². The third-order valence-electron chi connectivity index (χ3n) is 7.35. The van der Waals surface area contributed by atoms with Gasteiger partial charge in [0.15, 0.2) is 0 Å². The van der Waals surface area contributed by atoms with Crippen molar-refractivity contribution in [3.8, 4) is 17.2 Å². The molecular formula is C30H41NO. The number of aliphatic hydroxyl groups is 1. The smallest absolute Gasteiger partial charge is 0.0689 e. The van der Waals surface area contributed by atoms with Crippen LogP contribution >= 0.6 is 0 Å². The second-order valence-electron chi connectivity index (χ2n) is 9.85. The molecule has 32 heavy (non-hydrogen) atoms. The summed E-state index contributed by atoms with van der Waals surface area (Å²) in [6.45, 7) is 2.53. The summed E-state index contributed by atoms with van der Waals surface area (Å²) in [4.78, 5) is 0. The zero-order valence-electron chi connectivity index (χ0n) is 20.0. The maximum Gasteiger partial charge on any atom is 0.0689 e. The lowest BCUT2D eigenvalue weighted by atomic mass is 9.66. The van der Waals surface area contributed by atoms with E-state index < -0.39 is 0 Å². The molecule has 0 bridgehead atoms. The Kier molecular flexibility index (Phi) is 9.82. The number of aliphatic hydroxyl groups excluding tert-OH is 1. The standard InChI is InChI=1S/C30H41NO/c1-2-10-25-12-14-26(15-13-25)27-16-18-28(19-17-27)29-11-9-21-30(23-29,24-31)20-7-5-3-4-6-8-22-32/h12-19,29,32H,2-11,20-23H2,1H3. The van der Waals surface area contributed by atoms with Gasteiger partial charge in [-0.1, -0.05) is 100 Å². The van der Waals surface area contributed by atoms with Gasteiger partial charge in [0.1, 0.15) is 0 Å². The van der Waals surface area contributed by atoms with E-state index in [1.54, 1.807) is 0 Å². The summed E-state index contributed by atoms with van der Waals surface area (Å²) in [5, 5.41) is 18.9. The topological polar surface area (TPSA) is 44.0 Å². The minimum atomic E-state index is -0.137. The lowest BCUT2D eigenvalue weighted by Crippen LogP contribution is -2.26. The fourth-order valence-electron chi connectivity index (χ4n) is 5.41. The quantitative estimate of drug-likeness (QED) is 0.344. The maximum absolute atomic E-state index is 10.1. The van der Waals surface area contributed by atoms with Crippen LogP contribution in [-0.4, -0.2) is 11.7 Å². The monoisotopic (exact) mass is 431 g/mol. The van der Waals surface area contributed by atoms with Crippen LogP contribution in [0.1, 0.15) is 101 Å². The molecule has 2 atom stereocenters. The molecule has 172 valence electrons. The molecular weight excluding hydrogens is 390 g/mol. The molecule has 0 saturated heterocycles. The average molecular weight is 432 g/mol. The number of rotatable bonds is 12. The Morgan fingerprint density at radius 1 is 0.906 bits per heavy atom. The zero-order valence-corrected chi connectivity index (χ0v) is 20.0. The Morgan fingerprint density at radius 3 is 2.16 bits per heavy atom. The normalized spacial score (nSPS) is 20.7. The predicted molar refractivity (Wildman–Crippen MR) is 135 cm³/mol. The molecule has 0 heterocycles. The van der Waals surface area contributed by atoms with Crippen LogP contribution in [0.4, 0.5) is 0 Å². The summed E-state index contributed by atoms with van der Waals surface area (Å²) < 4.78 is 0. The average Bonchev–Trinajstić information content (AvgIpc) is 2.84. The van der Waals surface area contributed by atoms with E-state index in [2.05, 4.69) is 61.5 Å². The zero-order chi connectivity index (χ0) is 22.7. The number of hydrogen-bond acceptors (Lipinski definition) is 2. The van der Waals surface area contributed by atoms with E-state index >= 15 is 0 Å². The van der Waals surface area contributed by atoms with Crippen LogP contribution in [0.25, 0.3) is 11.1 Å². The van der Waals surface area contributed by atoms with E-state index in [9.17, 15) is 5.26 Å². The summed E-state index contributed by atoms with van der Waals surface area (Å²) in [6.07, 6.45) is 14.7. The van der Waals surface area contributed by atoms with Crippen molar-refractivity contribution in [2.45, 2.75) is 96.3 Å². The number of unbranched alkanes of at least 4 members (excludes halogenated alkanes) is 5. The number of aryl methyl sites for hydroxylation is 1. The molecule has 2 aromatic rings. The van der Waals surface area contributed by atoms with E-state index in [0.29, 0.717) is 12.5 Å². The van der Waals surface area contributed by atoms with Crippen molar-refractivity contribution in [2.24, 2.45) is 5.41 Å². The van der Waals surface area contributed by atoms with Crippen molar-refractivity contribution in [1.29, 1.82) is 5.26 Å². The summed E-state index contributed by atoms with van der Waals surface area (Å²) in [7, 11) is 0. The van der Waals surface area contributed by atoms with Gasteiger partial charge >= 0.3 is 0 Å². The van der Waals surface area contributed by atoms with Gasteiger partial charge in [-0.3, -0.25) is 0 Å². The fraction of sp³-hybridized carbons (Fsp3) is 0.567. The highest BCUT2D eigenvalue weighted by Crippen LogP contribution is 2.46. The van der Waals surface area contributed by atoms with Crippen molar-refractivity contribution < 1.29 is 5.11 Å². The van der Waals surface area contributed by atoms with Gasteiger partial charge in [-0.25, -0.2) is 0 Å². The van der Waals surface area contributed by atoms with Crippen LogP contribution in [0, 0.1) is 16.7 Å². The fourth-order valence-corrected chi connectivity index (χ4v) is 5.41. The maximum atomic E-state index is 10.1. The lowest BCUT2D eigenvalue weighted by Gasteiger charge is -2.36. The SMILES string of the molecule is CCCc1ccc(-c2ccc(C3CCCC(C#N)(CCCCCCCCO)C3)cc2)cc1. The van der Waals surface area contributed by atoms with Crippen molar-refractivity contribution >= 4 is 0 Å². The molecule has 1 aliphatic carbocycles. The molecule has 1 saturated carbocycles. The van der Waals surface area contributed by atoms with Crippen molar-refractivity contribution in [1.82, 2.24) is 0 Å². The molecule has 0 aliphatic heterocycles. The molecule has 3 rings (SSSR count). The molecule has 1 N–H and O–H groups in total. The molecule has 1 fully saturated rings. The summed E-state index contributed by atoms with van der Waals surface area (Å²) in [6, 6.07) is 20.9. The van der Waals surface area contributed by atoms with Gasteiger partial charge in [0.25, 0.3) is 0 Å². The van der Waals surface area contributed by atoms with Crippen LogP contribution in [0.2, 0.25) is 0 Å². The first-order valence-corrected chi connectivity index (χ1v) is 12.9. The molecule has 0 radical (unpaired) electrons. The Morgan fingerprint density at radius 2 is 1.53 bits per heavy atom. The van der Waals surface area contributed by atoms with Gasteiger partial charge < -0.3 is 5.11 Å². The summed E-state index contributed by atoms with van der Waals surface area (Å²) in [5.74, 6) is 0.508. The first-order chi connectivity index (χ1) is 15.7. The number of hydrogen-bond donors (Lipinski definition) is 1. The third-order valence-corrected chi connectivity index (χ3v) is 7.35. The minimum absolute atomic E-state index is 0.137. The summed E-state index contributed by atoms with van der Waals surface area (Å²) in [5.41, 5.74) is 5.24. The lowest BCUT2D eigenvalue weighted by molar-refractivity contribution is 0.218. The van der Waals surface area contributed by atoms with Crippen LogP contribution in [-0.2, 0) is 6.42 Å². The van der Waals surface area contributed by atoms with Crippen LogP contribution in [0.3, 0.4) is 0 Å². The Bertz CT molecular complexity index is 833. The largest absolute Gasteiger partial charge is 0.396 e. The molecule has 0 spiro atoms. The molecule has 1 aliphatic rings. The summed E-state index contributed by atoms with van der Waals surface area (Å²) >= 11 is 0. The van der Waals surface area contributed by atoms with Crippen LogP contribution in [0.15, 0.2) is 48.5 Å². The number of benzene rings is 2. The van der Waals surface area contributed by atoms with Crippen molar-refractivity contribution in [3.05, 3.63) is 59.7 Å². The molecule has 0 aromatic heterocycles. The second-order valence-corrected chi connectivity index (χ2v) is 9.85. The van der Waals surface area contributed by atoms with Gasteiger partial charge in [0, 0.05) is 6.61 Å². The minimum Gasteiger partial charge on any atom is -0.396 e. The van der Waals surface area contributed by atoms with Gasteiger partial charge in [-0.05, 0) is 66.7 Å². The molecule has 2 aromatic carbocycles. The number of nitrogens with zero attached hydrogens (tertiary/aromatic N) is 1. The van der Waals surface area contributed by atoms with Gasteiger partial charge in [0.05, 0.1) is 11.5 Å². The van der Waals surface area contributed by atoms with Crippen molar-refractivity contribution in [3.63, 3.8) is 0 Å².